The third-order valence-corrected chi connectivity index (χ3v) is 4.04. The lowest BCUT2D eigenvalue weighted by molar-refractivity contribution is -0.00612. The van der Waals surface area contributed by atoms with E-state index in [0.717, 1.165) is 0 Å². The highest BCUT2D eigenvalue weighted by atomic mass is 127. The Bertz CT molecular complexity index is 597. The number of alkyl halides is 1. The Morgan fingerprint density at radius 2 is 2.37 bits per heavy atom. The van der Waals surface area contributed by atoms with Gasteiger partial charge in [-0.25, -0.2) is 4.79 Å². The second-order valence-corrected chi connectivity index (χ2v) is 5.54. The Labute approximate surface area is 130 Å². The topological polar surface area (TPSA) is 84.3 Å². The largest absolute Gasteiger partial charge is 0.390 e. The summed E-state index contributed by atoms with van der Waals surface area (Å²) in [6, 6.07) is 0. The van der Waals surface area contributed by atoms with E-state index in [0.29, 0.717) is 16.4 Å². The lowest BCUT2D eigenvalue weighted by Crippen LogP contribution is -2.33. The maximum atomic E-state index is 11.8. The standard InChI is InChI=1S/C11H12BrIN2O4/c12-2-1-6-5-15(11(18)14-10(6)17)9-3-7(16)8(4-13)19-9/h1-2,5,7-9,16H,3-4H2,(H,14,17,18)/b2-1+/t7?,8-,9-/m0/s1. The second-order valence-electron chi connectivity index (χ2n) is 4.13. The first-order valence-electron chi connectivity index (χ1n) is 5.58. The number of hydrogen-bond donors (Lipinski definition) is 2. The van der Waals surface area contributed by atoms with Gasteiger partial charge in [-0.2, -0.15) is 0 Å². The number of aliphatic hydroxyl groups is 1. The summed E-state index contributed by atoms with van der Waals surface area (Å²) in [4.78, 5) is 27.1. The fourth-order valence-corrected chi connectivity index (χ4v) is 3.01. The molecule has 1 unspecified atom stereocenters. The third-order valence-electron chi connectivity index (χ3n) is 2.90. The zero-order valence-corrected chi connectivity index (χ0v) is 13.5. The van der Waals surface area contributed by atoms with Gasteiger partial charge in [-0.15, -0.1) is 0 Å². The Balaban J connectivity index is 2.38. The van der Waals surface area contributed by atoms with Crippen LogP contribution in [-0.4, -0.2) is 31.3 Å². The summed E-state index contributed by atoms with van der Waals surface area (Å²) in [7, 11) is 0. The molecule has 19 heavy (non-hydrogen) atoms. The van der Waals surface area contributed by atoms with Crippen LogP contribution in [0.25, 0.3) is 6.08 Å². The average Bonchev–Trinajstić information content (AvgIpc) is 2.74. The number of hydrogen-bond acceptors (Lipinski definition) is 4. The molecule has 1 aliphatic rings. The van der Waals surface area contributed by atoms with Gasteiger partial charge in [-0.1, -0.05) is 38.5 Å². The molecule has 0 aromatic carbocycles. The van der Waals surface area contributed by atoms with E-state index in [1.165, 1.54) is 21.8 Å². The molecule has 2 N–H and O–H groups in total. The monoisotopic (exact) mass is 442 g/mol. The molecule has 1 fully saturated rings. The van der Waals surface area contributed by atoms with E-state index in [9.17, 15) is 14.7 Å². The van der Waals surface area contributed by atoms with Crippen LogP contribution >= 0.6 is 38.5 Å². The average molecular weight is 443 g/mol. The molecule has 6 nitrogen and oxygen atoms in total. The summed E-state index contributed by atoms with van der Waals surface area (Å²) in [5, 5.41) is 9.80. The van der Waals surface area contributed by atoms with Crippen LogP contribution in [0.3, 0.4) is 0 Å². The van der Waals surface area contributed by atoms with Crippen molar-refractivity contribution in [2.45, 2.75) is 24.9 Å². The molecule has 1 aromatic heterocycles. The number of nitrogens with zero attached hydrogens (tertiary/aromatic N) is 1. The number of rotatable bonds is 3. The normalized spacial score (nSPS) is 27.2. The summed E-state index contributed by atoms with van der Waals surface area (Å²) in [5.41, 5.74) is -0.656. The maximum absolute atomic E-state index is 11.8. The van der Waals surface area contributed by atoms with Crippen LogP contribution in [0.2, 0.25) is 0 Å². The van der Waals surface area contributed by atoms with Gasteiger partial charge in [-0.3, -0.25) is 14.3 Å². The van der Waals surface area contributed by atoms with Crippen molar-refractivity contribution in [2.75, 3.05) is 4.43 Å². The van der Waals surface area contributed by atoms with Crippen LogP contribution in [0, 0.1) is 0 Å². The van der Waals surface area contributed by atoms with Crippen molar-refractivity contribution in [3.8, 4) is 0 Å². The number of halogens is 2. The SMILES string of the molecule is O=c1[nH]c(=O)n([C@@H]2CC(O)[C@H](CI)O2)cc1/C=C/Br. The Hall–Kier alpha value is -0.450. The van der Waals surface area contributed by atoms with Crippen molar-refractivity contribution in [3.63, 3.8) is 0 Å². The zero-order chi connectivity index (χ0) is 14.0. The molecule has 0 spiro atoms. The van der Waals surface area contributed by atoms with Crippen molar-refractivity contribution in [1.82, 2.24) is 9.55 Å². The quantitative estimate of drug-likeness (QED) is 0.540. The molecule has 3 atom stereocenters. The molecular formula is C11H12BrIN2O4. The number of H-pyrrole nitrogens is 1. The van der Waals surface area contributed by atoms with Gasteiger partial charge in [0.25, 0.3) is 5.56 Å². The van der Waals surface area contributed by atoms with E-state index >= 15 is 0 Å². The summed E-state index contributed by atoms with van der Waals surface area (Å²) >= 11 is 5.20. The first kappa shape index (κ1) is 14.9. The number of ether oxygens (including phenoxy) is 1. The van der Waals surface area contributed by atoms with Crippen LogP contribution < -0.4 is 11.2 Å². The van der Waals surface area contributed by atoms with Gasteiger partial charge in [0.1, 0.15) is 6.23 Å². The number of aliphatic hydroxyl groups excluding tert-OH is 1. The molecule has 0 amide bonds. The minimum Gasteiger partial charge on any atom is -0.390 e. The van der Waals surface area contributed by atoms with Crippen molar-refractivity contribution in [3.05, 3.63) is 37.6 Å². The van der Waals surface area contributed by atoms with Crippen LogP contribution in [0.1, 0.15) is 18.2 Å². The predicted molar refractivity (Wildman–Crippen MR) is 82.7 cm³/mol. The smallest absolute Gasteiger partial charge is 0.330 e. The third kappa shape index (κ3) is 3.18. The molecule has 1 aliphatic heterocycles. The van der Waals surface area contributed by atoms with Crippen LogP contribution in [0.4, 0.5) is 0 Å². The fourth-order valence-electron chi connectivity index (χ4n) is 1.93. The first-order chi connectivity index (χ1) is 9.06. The van der Waals surface area contributed by atoms with Gasteiger partial charge in [-0.05, 0) is 11.1 Å². The molecule has 2 rings (SSSR count). The lowest BCUT2D eigenvalue weighted by atomic mass is 10.2. The van der Waals surface area contributed by atoms with Crippen LogP contribution in [0.5, 0.6) is 0 Å². The molecule has 8 heteroatoms. The Morgan fingerprint density at radius 3 is 2.95 bits per heavy atom. The minimum atomic E-state index is -0.601. The predicted octanol–water partition coefficient (Wildman–Crippen LogP) is 0.986. The van der Waals surface area contributed by atoms with Crippen LogP contribution in [-0.2, 0) is 4.74 Å². The van der Waals surface area contributed by atoms with E-state index < -0.39 is 23.6 Å². The molecule has 0 bridgehead atoms. The molecule has 1 saturated heterocycles. The Morgan fingerprint density at radius 1 is 1.63 bits per heavy atom. The summed E-state index contributed by atoms with van der Waals surface area (Å²) in [5.74, 6) is 0. The molecule has 0 aliphatic carbocycles. The highest BCUT2D eigenvalue weighted by Crippen LogP contribution is 2.28. The van der Waals surface area contributed by atoms with Crippen molar-refractivity contribution >= 4 is 44.6 Å². The van der Waals surface area contributed by atoms with E-state index in [2.05, 4.69) is 43.5 Å². The summed E-state index contributed by atoms with van der Waals surface area (Å²) in [6.07, 6.45) is 1.86. The van der Waals surface area contributed by atoms with Crippen LogP contribution in [0.15, 0.2) is 20.8 Å². The van der Waals surface area contributed by atoms with Gasteiger partial charge in [0.05, 0.1) is 17.8 Å². The van der Waals surface area contributed by atoms with E-state index in [1.807, 2.05) is 0 Å². The van der Waals surface area contributed by atoms with Gasteiger partial charge >= 0.3 is 5.69 Å². The van der Waals surface area contributed by atoms with E-state index in [4.69, 9.17) is 4.74 Å². The van der Waals surface area contributed by atoms with Gasteiger partial charge in [0.2, 0.25) is 0 Å². The molecule has 1 aromatic rings. The van der Waals surface area contributed by atoms with Crippen molar-refractivity contribution in [1.29, 1.82) is 0 Å². The van der Waals surface area contributed by atoms with Gasteiger partial charge in [0, 0.05) is 17.0 Å². The van der Waals surface area contributed by atoms with E-state index in [1.54, 1.807) is 0 Å². The summed E-state index contributed by atoms with van der Waals surface area (Å²) < 4.78 is 7.56. The second kappa shape index (κ2) is 6.33. The fraction of sp³-hybridized carbons (Fsp3) is 0.455. The highest BCUT2D eigenvalue weighted by Gasteiger charge is 2.34. The van der Waals surface area contributed by atoms with Crippen molar-refractivity contribution < 1.29 is 9.84 Å². The van der Waals surface area contributed by atoms with Gasteiger partial charge < -0.3 is 9.84 Å². The summed E-state index contributed by atoms with van der Waals surface area (Å²) in [6.45, 7) is 0. The van der Waals surface area contributed by atoms with Crippen molar-refractivity contribution in [2.24, 2.45) is 0 Å². The lowest BCUT2D eigenvalue weighted by Gasteiger charge is -2.14. The highest BCUT2D eigenvalue weighted by molar-refractivity contribution is 14.1. The first-order valence-corrected chi connectivity index (χ1v) is 8.02. The maximum Gasteiger partial charge on any atom is 0.330 e. The number of aromatic nitrogens is 2. The molecule has 2 heterocycles. The van der Waals surface area contributed by atoms with Gasteiger partial charge in [0.15, 0.2) is 0 Å². The minimum absolute atomic E-state index is 0.292. The zero-order valence-electron chi connectivity index (χ0n) is 9.75. The number of aromatic amines is 1. The number of nitrogens with one attached hydrogen (secondary N) is 1. The van der Waals surface area contributed by atoms with E-state index in [-0.39, 0.29) is 6.10 Å². The molecule has 104 valence electrons. The molecular weight excluding hydrogens is 431 g/mol. The Kier molecular flexibility index (Phi) is 4.98. The molecule has 0 radical (unpaired) electrons. The molecule has 0 saturated carbocycles.